The zero-order valence-corrected chi connectivity index (χ0v) is 13.0. The van der Waals surface area contributed by atoms with E-state index in [9.17, 15) is 14.7 Å². The molecule has 1 aromatic rings. The molecule has 0 bridgehead atoms. The predicted molar refractivity (Wildman–Crippen MR) is 81.4 cm³/mol. The summed E-state index contributed by atoms with van der Waals surface area (Å²) in [5.74, 6) is -1.48. The molecule has 0 spiro atoms. The average Bonchev–Trinajstić information content (AvgIpc) is 2.94. The van der Waals surface area contributed by atoms with Crippen molar-refractivity contribution in [3.63, 3.8) is 0 Å². The molecular formula is C14H16INO4. The fourth-order valence-electron chi connectivity index (χ4n) is 2.11. The molecule has 2 rings (SSSR count). The van der Waals surface area contributed by atoms with Crippen molar-refractivity contribution in [2.75, 3.05) is 13.2 Å². The maximum atomic E-state index is 12.0. The van der Waals surface area contributed by atoms with E-state index in [1.165, 1.54) is 0 Å². The lowest BCUT2D eigenvalue weighted by molar-refractivity contribution is -0.142. The van der Waals surface area contributed by atoms with Crippen LogP contribution in [0.5, 0.6) is 0 Å². The monoisotopic (exact) mass is 389 g/mol. The molecule has 0 radical (unpaired) electrons. The molecule has 1 aliphatic rings. The van der Waals surface area contributed by atoms with Gasteiger partial charge in [-0.3, -0.25) is 4.79 Å². The number of halogens is 1. The summed E-state index contributed by atoms with van der Waals surface area (Å²) < 4.78 is 6.14. The van der Waals surface area contributed by atoms with Gasteiger partial charge in [0.1, 0.15) is 6.04 Å². The smallest absolute Gasteiger partial charge is 0.326 e. The Labute approximate surface area is 130 Å². The molecule has 0 aliphatic carbocycles. The minimum absolute atomic E-state index is 0.230. The minimum atomic E-state index is -1.02. The van der Waals surface area contributed by atoms with Gasteiger partial charge in [-0.25, -0.2) is 4.79 Å². The van der Waals surface area contributed by atoms with Crippen LogP contribution in [0.2, 0.25) is 0 Å². The molecule has 2 N–H and O–H groups in total. The Bertz CT molecular complexity index is 500. The van der Waals surface area contributed by atoms with Gasteiger partial charge in [0.15, 0.2) is 0 Å². The van der Waals surface area contributed by atoms with Gasteiger partial charge in [-0.2, -0.15) is 0 Å². The minimum Gasteiger partial charge on any atom is -0.480 e. The number of benzene rings is 1. The highest BCUT2D eigenvalue weighted by Gasteiger charge is 2.28. The number of ether oxygens (including phenoxy) is 1. The molecule has 0 unspecified atom stereocenters. The number of rotatable bonds is 5. The highest BCUT2D eigenvalue weighted by atomic mass is 127. The maximum Gasteiger partial charge on any atom is 0.326 e. The number of hydrogen-bond donors (Lipinski definition) is 2. The van der Waals surface area contributed by atoms with Crippen molar-refractivity contribution >= 4 is 34.5 Å². The zero-order valence-electron chi connectivity index (χ0n) is 10.8. The number of carbonyl (C=O) groups is 2. The van der Waals surface area contributed by atoms with Crippen molar-refractivity contribution in [2.45, 2.75) is 18.9 Å². The Kier molecular flexibility index (Phi) is 5.36. The molecule has 0 aromatic heterocycles. The first-order valence-corrected chi connectivity index (χ1v) is 7.50. The van der Waals surface area contributed by atoms with Gasteiger partial charge in [0.05, 0.1) is 12.5 Å². The van der Waals surface area contributed by atoms with Crippen LogP contribution in [-0.2, 0) is 20.7 Å². The third kappa shape index (κ3) is 3.92. The quantitative estimate of drug-likeness (QED) is 0.748. The molecule has 1 amide bonds. The summed E-state index contributed by atoms with van der Waals surface area (Å²) in [6.45, 7) is 0.938. The van der Waals surface area contributed by atoms with E-state index < -0.39 is 12.0 Å². The van der Waals surface area contributed by atoms with E-state index in [2.05, 4.69) is 27.9 Å². The Morgan fingerprint density at radius 2 is 2.20 bits per heavy atom. The number of carbonyl (C=O) groups excluding carboxylic acids is 1. The van der Waals surface area contributed by atoms with E-state index in [1.54, 1.807) is 0 Å². The summed E-state index contributed by atoms with van der Waals surface area (Å²) in [5.41, 5.74) is 0.920. The van der Waals surface area contributed by atoms with Crippen LogP contribution in [0.15, 0.2) is 24.3 Å². The second-order valence-electron chi connectivity index (χ2n) is 4.76. The Morgan fingerprint density at radius 3 is 2.80 bits per heavy atom. The van der Waals surface area contributed by atoms with Gasteiger partial charge >= 0.3 is 5.97 Å². The predicted octanol–water partition coefficient (Wildman–Crippen LogP) is 1.44. The number of amides is 1. The third-order valence-corrected chi connectivity index (χ3v) is 4.35. The summed E-state index contributed by atoms with van der Waals surface area (Å²) in [4.78, 5) is 23.3. The zero-order chi connectivity index (χ0) is 14.5. The van der Waals surface area contributed by atoms with Gasteiger partial charge in [0.2, 0.25) is 5.91 Å². The van der Waals surface area contributed by atoms with E-state index in [4.69, 9.17) is 4.74 Å². The first-order chi connectivity index (χ1) is 9.58. The summed E-state index contributed by atoms with van der Waals surface area (Å²) in [7, 11) is 0. The molecule has 6 heteroatoms. The first-order valence-electron chi connectivity index (χ1n) is 6.42. The fraction of sp³-hybridized carbons (Fsp3) is 0.429. The van der Waals surface area contributed by atoms with Crippen LogP contribution in [0.3, 0.4) is 0 Å². The molecule has 1 saturated heterocycles. The molecule has 2 atom stereocenters. The number of nitrogens with one attached hydrogen (secondary N) is 1. The van der Waals surface area contributed by atoms with Crippen LogP contribution < -0.4 is 5.32 Å². The Balaban J connectivity index is 2.02. The van der Waals surface area contributed by atoms with Crippen LogP contribution in [0.4, 0.5) is 0 Å². The summed E-state index contributed by atoms with van der Waals surface area (Å²) in [6, 6.07) is 6.65. The van der Waals surface area contributed by atoms with E-state index >= 15 is 0 Å². The number of carboxylic acid groups (broad SMARTS) is 1. The van der Waals surface area contributed by atoms with Crippen LogP contribution >= 0.6 is 22.6 Å². The normalized spacial score (nSPS) is 19.6. The van der Waals surface area contributed by atoms with Crippen LogP contribution in [-0.4, -0.2) is 36.2 Å². The van der Waals surface area contributed by atoms with Gasteiger partial charge in [0.25, 0.3) is 0 Å². The summed E-state index contributed by atoms with van der Waals surface area (Å²) >= 11 is 2.16. The second-order valence-corrected chi connectivity index (χ2v) is 5.92. The lowest BCUT2D eigenvalue weighted by atomic mass is 10.0. The molecule has 0 saturated carbocycles. The van der Waals surface area contributed by atoms with Gasteiger partial charge in [-0.05, 0) is 40.6 Å². The average molecular weight is 389 g/mol. The molecule has 1 aromatic carbocycles. The summed E-state index contributed by atoms with van der Waals surface area (Å²) in [6.07, 6.45) is 0.939. The van der Waals surface area contributed by atoms with Gasteiger partial charge in [0, 0.05) is 16.6 Å². The van der Waals surface area contributed by atoms with Gasteiger partial charge in [-0.15, -0.1) is 0 Å². The topological polar surface area (TPSA) is 75.6 Å². The van der Waals surface area contributed by atoms with E-state index in [1.807, 2.05) is 24.3 Å². The molecular weight excluding hydrogens is 373 g/mol. The standard InChI is InChI=1S/C14H16INO4/c15-11-4-2-1-3-9(11)7-12(14(18)19)16-13(17)10-5-6-20-8-10/h1-4,10,12H,5-8H2,(H,16,17)(H,18,19)/t10-,12+/m0/s1. The third-order valence-electron chi connectivity index (χ3n) is 3.30. The molecule has 108 valence electrons. The van der Waals surface area contributed by atoms with E-state index in [-0.39, 0.29) is 18.2 Å². The van der Waals surface area contributed by atoms with Crippen LogP contribution in [0.25, 0.3) is 0 Å². The fourth-order valence-corrected chi connectivity index (χ4v) is 2.72. The number of aliphatic carboxylic acids is 1. The first kappa shape index (κ1) is 15.2. The molecule has 1 heterocycles. The maximum absolute atomic E-state index is 12.0. The molecule has 5 nitrogen and oxygen atoms in total. The van der Waals surface area contributed by atoms with Crippen molar-refractivity contribution in [3.05, 3.63) is 33.4 Å². The molecule has 1 fully saturated rings. The number of carboxylic acids is 1. The molecule has 1 aliphatic heterocycles. The van der Waals surface area contributed by atoms with Crippen molar-refractivity contribution in [3.8, 4) is 0 Å². The largest absolute Gasteiger partial charge is 0.480 e. The molecule has 20 heavy (non-hydrogen) atoms. The van der Waals surface area contributed by atoms with E-state index in [0.29, 0.717) is 19.6 Å². The van der Waals surface area contributed by atoms with Crippen molar-refractivity contribution in [1.29, 1.82) is 0 Å². The van der Waals surface area contributed by atoms with Crippen molar-refractivity contribution in [2.24, 2.45) is 5.92 Å². The highest BCUT2D eigenvalue weighted by Crippen LogP contribution is 2.15. The lowest BCUT2D eigenvalue weighted by Crippen LogP contribution is -2.45. The van der Waals surface area contributed by atoms with Crippen LogP contribution in [0, 0.1) is 9.49 Å². The highest BCUT2D eigenvalue weighted by molar-refractivity contribution is 14.1. The second kappa shape index (κ2) is 7.03. The van der Waals surface area contributed by atoms with E-state index in [0.717, 1.165) is 9.13 Å². The van der Waals surface area contributed by atoms with Crippen molar-refractivity contribution in [1.82, 2.24) is 5.32 Å². The Morgan fingerprint density at radius 1 is 1.45 bits per heavy atom. The Hall–Kier alpha value is -1.15. The van der Waals surface area contributed by atoms with Gasteiger partial charge < -0.3 is 15.2 Å². The number of hydrogen-bond acceptors (Lipinski definition) is 3. The summed E-state index contributed by atoms with van der Waals surface area (Å²) in [5, 5.41) is 11.9. The van der Waals surface area contributed by atoms with Crippen LogP contribution in [0.1, 0.15) is 12.0 Å². The van der Waals surface area contributed by atoms with Gasteiger partial charge in [-0.1, -0.05) is 18.2 Å². The SMILES string of the molecule is O=C(N[C@H](Cc1ccccc1I)C(=O)O)[C@H]1CCOC1. The lowest BCUT2D eigenvalue weighted by Gasteiger charge is -2.17. The van der Waals surface area contributed by atoms with Crippen molar-refractivity contribution < 1.29 is 19.4 Å².